The van der Waals surface area contributed by atoms with Gasteiger partial charge in [0.05, 0.1) is 16.8 Å². The van der Waals surface area contributed by atoms with Gasteiger partial charge in [-0.05, 0) is 43.2 Å². The van der Waals surface area contributed by atoms with Gasteiger partial charge in [-0.15, -0.1) is 0 Å². The zero-order valence-electron chi connectivity index (χ0n) is 10.8. The fraction of sp³-hybridized carbons (Fsp3) is 0.154. The SMILES string of the molecule is Cc1ccc(Br)cc1S(=O)(=O)Nc1cnc(Cl)c(C)c1. The predicted octanol–water partition coefficient (Wildman–Crippen LogP) is 3.92. The molecule has 0 bridgehead atoms. The van der Waals surface area contributed by atoms with Gasteiger partial charge < -0.3 is 0 Å². The molecule has 1 N–H and O–H groups in total. The van der Waals surface area contributed by atoms with Crippen LogP contribution in [-0.4, -0.2) is 13.4 Å². The van der Waals surface area contributed by atoms with E-state index in [4.69, 9.17) is 11.6 Å². The maximum Gasteiger partial charge on any atom is 0.262 e. The molecule has 0 spiro atoms. The summed E-state index contributed by atoms with van der Waals surface area (Å²) in [5.74, 6) is 0. The van der Waals surface area contributed by atoms with Crippen molar-refractivity contribution in [3.8, 4) is 0 Å². The normalized spacial score (nSPS) is 11.4. The fourth-order valence-corrected chi connectivity index (χ4v) is 3.61. The lowest BCUT2D eigenvalue weighted by molar-refractivity contribution is 0.600. The Labute approximate surface area is 131 Å². The van der Waals surface area contributed by atoms with Crippen molar-refractivity contribution in [1.82, 2.24) is 4.98 Å². The number of nitrogens with zero attached hydrogens (tertiary/aromatic N) is 1. The molecule has 7 heteroatoms. The van der Waals surface area contributed by atoms with Crippen LogP contribution in [0.5, 0.6) is 0 Å². The molecule has 2 aromatic rings. The highest BCUT2D eigenvalue weighted by Gasteiger charge is 2.17. The van der Waals surface area contributed by atoms with Crippen molar-refractivity contribution in [3.05, 3.63) is 51.2 Å². The van der Waals surface area contributed by atoms with Crippen LogP contribution in [0.25, 0.3) is 0 Å². The standard InChI is InChI=1S/C13H12BrClN2O2S/c1-8-3-4-10(14)6-12(8)20(18,19)17-11-5-9(2)13(15)16-7-11/h3-7,17H,1-2H3. The van der Waals surface area contributed by atoms with E-state index in [9.17, 15) is 8.42 Å². The minimum Gasteiger partial charge on any atom is -0.278 e. The van der Waals surface area contributed by atoms with Crippen molar-refractivity contribution in [2.24, 2.45) is 0 Å². The molecule has 0 saturated carbocycles. The minimum absolute atomic E-state index is 0.222. The van der Waals surface area contributed by atoms with Gasteiger partial charge in [-0.25, -0.2) is 13.4 Å². The van der Waals surface area contributed by atoms with Gasteiger partial charge in [0, 0.05) is 4.47 Å². The average Bonchev–Trinajstić information content (AvgIpc) is 2.36. The van der Waals surface area contributed by atoms with E-state index >= 15 is 0 Å². The molecule has 106 valence electrons. The van der Waals surface area contributed by atoms with Crippen molar-refractivity contribution in [3.63, 3.8) is 0 Å². The van der Waals surface area contributed by atoms with E-state index in [0.717, 1.165) is 0 Å². The molecule has 0 unspecified atom stereocenters. The number of aryl methyl sites for hydroxylation is 2. The summed E-state index contributed by atoms with van der Waals surface area (Å²) >= 11 is 9.09. The van der Waals surface area contributed by atoms with E-state index in [1.165, 1.54) is 6.20 Å². The van der Waals surface area contributed by atoms with Crippen molar-refractivity contribution in [2.45, 2.75) is 18.7 Å². The number of nitrogens with one attached hydrogen (secondary N) is 1. The van der Waals surface area contributed by atoms with E-state index in [-0.39, 0.29) is 4.90 Å². The molecule has 2 rings (SSSR count). The Bertz CT molecular complexity index is 763. The second-order valence-electron chi connectivity index (χ2n) is 4.35. The van der Waals surface area contributed by atoms with E-state index < -0.39 is 10.0 Å². The molecule has 1 heterocycles. The zero-order valence-corrected chi connectivity index (χ0v) is 14.0. The first kappa shape index (κ1) is 15.3. The summed E-state index contributed by atoms with van der Waals surface area (Å²) < 4.78 is 28.0. The molecular weight excluding hydrogens is 364 g/mol. The molecule has 0 aliphatic carbocycles. The maximum atomic E-state index is 12.4. The zero-order chi connectivity index (χ0) is 14.9. The van der Waals surface area contributed by atoms with Crippen LogP contribution in [0.2, 0.25) is 5.15 Å². The van der Waals surface area contributed by atoms with Crippen molar-refractivity contribution < 1.29 is 8.42 Å². The van der Waals surface area contributed by atoms with Gasteiger partial charge in [-0.1, -0.05) is 33.6 Å². The Kier molecular flexibility index (Phi) is 4.36. The monoisotopic (exact) mass is 374 g/mol. The van der Waals surface area contributed by atoms with Crippen LogP contribution in [0, 0.1) is 13.8 Å². The molecule has 0 atom stereocenters. The molecule has 0 saturated heterocycles. The Morgan fingerprint density at radius 1 is 1.20 bits per heavy atom. The maximum absolute atomic E-state index is 12.4. The summed E-state index contributed by atoms with van der Waals surface area (Å²) in [7, 11) is -3.66. The third-order valence-corrected chi connectivity index (χ3v) is 5.12. The predicted molar refractivity (Wildman–Crippen MR) is 83.7 cm³/mol. The fourth-order valence-electron chi connectivity index (χ4n) is 1.69. The summed E-state index contributed by atoms with van der Waals surface area (Å²) in [5, 5.41) is 0.353. The number of anilines is 1. The van der Waals surface area contributed by atoms with Crippen LogP contribution in [-0.2, 0) is 10.0 Å². The van der Waals surface area contributed by atoms with Gasteiger partial charge in [-0.2, -0.15) is 0 Å². The van der Waals surface area contributed by atoms with Crippen LogP contribution in [0.15, 0.2) is 39.8 Å². The minimum atomic E-state index is -3.66. The van der Waals surface area contributed by atoms with Gasteiger partial charge in [0.15, 0.2) is 0 Å². The Hall–Kier alpha value is -1.11. The van der Waals surface area contributed by atoms with Gasteiger partial charge in [0.2, 0.25) is 0 Å². The molecular formula is C13H12BrClN2O2S. The summed E-state index contributed by atoms with van der Waals surface area (Å²) in [6.07, 6.45) is 1.39. The molecule has 4 nitrogen and oxygen atoms in total. The van der Waals surface area contributed by atoms with Gasteiger partial charge in [0.1, 0.15) is 5.15 Å². The smallest absolute Gasteiger partial charge is 0.262 e. The lowest BCUT2D eigenvalue weighted by Crippen LogP contribution is -2.14. The highest BCUT2D eigenvalue weighted by atomic mass is 79.9. The Morgan fingerprint density at radius 3 is 2.55 bits per heavy atom. The third-order valence-electron chi connectivity index (χ3n) is 2.71. The van der Waals surface area contributed by atoms with Crippen LogP contribution in [0.3, 0.4) is 0 Å². The molecule has 0 aliphatic heterocycles. The molecule has 0 amide bonds. The summed E-state index contributed by atoms with van der Waals surface area (Å²) in [5.41, 5.74) is 1.75. The Morgan fingerprint density at radius 2 is 1.90 bits per heavy atom. The highest BCUT2D eigenvalue weighted by Crippen LogP contribution is 2.24. The number of hydrogen-bond donors (Lipinski definition) is 1. The molecule has 0 fully saturated rings. The lowest BCUT2D eigenvalue weighted by atomic mass is 10.2. The number of hydrogen-bond acceptors (Lipinski definition) is 3. The summed E-state index contributed by atoms with van der Waals surface area (Å²) in [6.45, 7) is 3.50. The number of pyridine rings is 1. The molecule has 1 aromatic heterocycles. The highest BCUT2D eigenvalue weighted by molar-refractivity contribution is 9.10. The average molecular weight is 376 g/mol. The van der Waals surface area contributed by atoms with Crippen LogP contribution >= 0.6 is 27.5 Å². The van der Waals surface area contributed by atoms with E-state index in [1.54, 1.807) is 38.1 Å². The van der Waals surface area contributed by atoms with E-state index in [2.05, 4.69) is 25.6 Å². The lowest BCUT2D eigenvalue weighted by Gasteiger charge is -2.11. The first-order valence-corrected chi connectivity index (χ1v) is 8.36. The number of benzene rings is 1. The molecule has 1 aromatic carbocycles. The van der Waals surface area contributed by atoms with Gasteiger partial charge in [-0.3, -0.25) is 4.72 Å². The van der Waals surface area contributed by atoms with Crippen LogP contribution < -0.4 is 4.72 Å². The van der Waals surface area contributed by atoms with Crippen LogP contribution in [0.1, 0.15) is 11.1 Å². The summed E-state index contributed by atoms with van der Waals surface area (Å²) in [4.78, 5) is 4.15. The van der Waals surface area contributed by atoms with Gasteiger partial charge in [0.25, 0.3) is 10.0 Å². The van der Waals surface area contributed by atoms with Crippen molar-refractivity contribution in [2.75, 3.05) is 4.72 Å². The first-order chi connectivity index (χ1) is 9.29. The molecule has 20 heavy (non-hydrogen) atoms. The topological polar surface area (TPSA) is 59.1 Å². The van der Waals surface area contributed by atoms with E-state index in [1.807, 2.05) is 0 Å². The first-order valence-electron chi connectivity index (χ1n) is 5.71. The second-order valence-corrected chi connectivity index (χ2v) is 7.27. The third kappa shape index (κ3) is 3.31. The Balaban J connectivity index is 2.40. The number of halogens is 2. The largest absolute Gasteiger partial charge is 0.278 e. The van der Waals surface area contributed by atoms with Gasteiger partial charge >= 0.3 is 0 Å². The number of rotatable bonds is 3. The van der Waals surface area contributed by atoms with Crippen molar-refractivity contribution >= 4 is 43.2 Å². The van der Waals surface area contributed by atoms with Crippen molar-refractivity contribution in [1.29, 1.82) is 0 Å². The second kappa shape index (κ2) is 5.71. The number of sulfonamides is 1. The summed E-state index contributed by atoms with van der Waals surface area (Å²) in [6, 6.07) is 6.74. The quantitative estimate of drug-likeness (QED) is 0.827. The molecule has 0 radical (unpaired) electrons. The molecule has 0 aliphatic rings. The number of aromatic nitrogens is 1. The van der Waals surface area contributed by atoms with Crippen LogP contribution in [0.4, 0.5) is 5.69 Å². The van der Waals surface area contributed by atoms with E-state index in [0.29, 0.717) is 26.4 Å².